The Bertz CT molecular complexity index is 923. The molecule has 7 nitrogen and oxygen atoms in total. The summed E-state index contributed by atoms with van der Waals surface area (Å²) in [5.41, 5.74) is -0.313. The maximum atomic E-state index is 12.7. The predicted molar refractivity (Wildman–Crippen MR) is 91.9 cm³/mol. The molecular weight excluding hydrogens is 346 g/mol. The highest BCUT2D eigenvalue weighted by Crippen LogP contribution is 2.22. The van der Waals surface area contributed by atoms with Gasteiger partial charge in [-0.3, -0.25) is 14.4 Å². The molecule has 130 valence electrons. The minimum atomic E-state index is -0.858. The molecule has 1 aromatic carbocycles. The van der Waals surface area contributed by atoms with Gasteiger partial charge >= 0.3 is 0 Å². The van der Waals surface area contributed by atoms with Crippen LogP contribution in [0.3, 0.4) is 0 Å². The molecular formula is C17H16ClN3O4. The third kappa shape index (κ3) is 3.10. The summed E-state index contributed by atoms with van der Waals surface area (Å²) in [6.45, 7) is 1.05. The number of rotatable bonds is 3. The number of benzene rings is 1. The van der Waals surface area contributed by atoms with E-state index in [9.17, 15) is 19.5 Å². The molecule has 3 rings (SSSR count). The van der Waals surface area contributed by atoms with Crippen LogP contribution in [0.15, 0.2) is 35.3 Å². The number of pyridine rings is 1. The van der Waals surface area contributed by atoms with Gasteiger partial charge in [0.05, 0.1) is 0 Å². The summed E-state index contributed by atoms with van der Waals surface area (Å²) in [5.74, 6) is -1.78. The van der Waals surface area contributed by atoms with Crippen molar-refractivity contribution in [1.82, 2.24) is 14.8 Å². The van der Waals surface area contributed by atoms with Crippen LogP contribution in [0.25, 0.3) is 0 Å². The lowest BCUT2D eigenvalue weighted by Gasteiger charge is -2.30. The van der Waals surface area contributed by atoms with Gasteiger partial charge in [0.15, 0.2) is 11.4 Å². The maximum Gasteiger partial charge on any atom is 0.274 e. The molecule has 0 fully saturated rings. The number of nitrogens with one attached hydrogen (secondary N) is 1. The first-order chi connectivity index (χ1) is 11.9. The molecule has 1 aliphatic heterocycles. The number of aromatic hydroxyl groups is 1. The van der Waals surface area contributed by atoms with Crippen molar-refractivity contribution in [3.63, 3.8) is 0 Å². The van der Waals surface area contributed by atoms with Crippen LogP contribution in [0, 0.1) is 0 Å². The first-order valence-corrected chi connectivity index (χ1v) is 8.02. The largest absolute Gasteiger partial charge is 0.503 e. The zero-order valence-corrected chi connectivity index (χ0v) is 14.2. The van der Waals surface area contributed by atoms with Gasteiger partial charge in [-0.05, 0) is 17.7 Å². The second kappa shape index (κ2) is 6.60. The zero-order valence-electron chi connectivity index (χ0n) is 13.5. The molecule has 2 amide bonds. The fourth-order valence-electron chi connectivity index (χ4n) is 2.83. The van der Waals surface area contributed by atoms with Crippen molar-refractivity contribution in [3.05, 3.63) is 62.5 Å². The fraction of sp³-hybridized carbons (Fsp3) is 0.235. The number of halogens is 1. The number of hydrogen-bond donors (Lipinski definition) is 2. The van der Waals surface area contributed by atoms with Crippen LogP contribution in [-0.2, 0) is 13.1 Å². The molecule has 0 saturated carbocycles. The van der Waals surface area contributed by atoms with E-state index in [1.807, 2.05) is 6.07 Å². The topological polar surface area (TPSA) is 91.6 Å². The normalized spacial score (nSPS) is 13.5. The maximum absolute atomic E-state index is 12.7. The van der Waals surface area contributed by atoms with E-state index in [0.29, 0.717) is 24.7 Å². The van der Waals surface area contributed by atoms with Gasteiger partial charge in [-0.25, -0.2) is 0 Å². The first-order valence-electron chi connectivity index (χ1n) is 7.64. The summed E-state index contributed by atoms with van der Waals surface area (Å²) in [7, 11) is 1.39. The van der Waals surface area contributed by atoms with E-state index in [-0.39, 0.29) is 11.3 Å². The van der Waals surface area contributed by atoms with Crippen LogP contribution in [0.5, 0.6) is 5.75 Å². The third-order valence-electron chi connectivity index (χ3n) is 4.09. The van der Waals surface area contributed by atoms with E-state index in [1.54, 1.807) is 18.2 Å². The summed E-state index contributed by atoms with van der Waals surface area (Å²) in [6, 6.07) is 7.13. The van der Waals surface area contributed by atoms with E-state index in [4.69, 9.17) is 11.6 Å². The van der Waals surface area contributed by atoms with Gasteiger partial charge in [0.1, 0.15) is 5.56 Å². The molecule has 25 heavy (non-hydrogen) atoms. The monoisotopic (exact) mass is 361 g/mol. The molecule has 8 heteroatoms. The summed E-state index contributed by atoms with van der Waals surface area (Å²) in [6.07, 6.45) is 1.31. The fourth-order valence-corrected chi connectivity index (χ4v) is 3.05. The average molecular weight is 362 g/mol. The van der Waals surface area contributed by atoms with Crippen LogP contribution in [0.1, 0.15) is 26.4 Å². The van der Waals surface area contributed by atoms with Crippen LogP contribution < -0.4 is 10.7 Å². The molecule has 0 radical (unpaired) electrons. The molecule has 0 spiro atoms. The predicted octanol–water partition coefficient (Wildman–Crippen LogP) is 1.22. The summed E-state index contributed by atoms with van der Waals surface area (Å²) < 4.78 is 1.44. The van der Waals surface area contributed by atoms with E-state index < -0.39 is 23.0 Å². The second-order valence-corrected chi connectivity index (χ2v) is 6.13. The third-order valence-corrected chi connectivity index (χ3v) is 4.33. The van der Waals surface area contributed by atoms with Crippen LogP contribution in [0.4, 0.5) is 0 Å². The van der Waals surface area contributed by atoms with Gasteiger partial charge in [-0.15, -0.1) is 0 Å². The Morgan fingerprint density at radius 3 is 2.76 bits per heavy atom. The average Bonchev–Trinajstić information content (AvgIpc) is 2.59. The second-order valence-electron chi connectivity index (χ2n) is 5.70. The lowest BCUT2D eigenvalue weighted by molar-refractivity contribution is 0.0681. The summed E-state index contributed by atoms with van der Waals surface area (Å²) in [4.78, 5) is 38.2. The first kappa shape index (κ1) is 17.0. The van der Waals surface area contributed by atoms with Crippen LogP contribution in [0.2, 0.25) is 5.02 Å². The molecule has 1 aromatic heterocycles. The Labute approximate surface area is 148 Å². The van der Waals surface area contributed by atoms with Crippen molar-refractivity contribution in [1.29, 1.82) is 0 Å². The van der Waals surface area contributed by atoms with Gasteiger partial charge in [-0.1, -0.05) is 23.7 Å². The molecule has 0 bridgehead atoms. The van der Waals surface area contributed by atoms with Crippen molar-refractivity contribution >= 4 is 23.4 Å². The molecule has 0 atom stereocenters. The van der Waals surface area contributed by atoms with Crippen LogP contribution >= 0.6 is 11.6 Å². The number of aromatic nitrogens is 1. The molecule has 1 aliphatic rings. The molecule has 0 unspecified atom stereocenters. The minimum absolute atomic E-state index is 0.106. The number of fused-ring (bicyclic) bond motifs is 1. The molecule has 2 heterocycles. The van der Waals surface area contributed by atoms with Gasteiger partial charge < -0.3 is 19.9 Å². The lowest BCUT2D eigenvalue weighted by Crippen LogP contribution is -2.42. The van der Waals surface area contributed by atoms with E-state index in [2.05, 4.69) is 5.32 Å². The Kier molecular flexibility index (Phi) is 4.50. The number of carbonyl (C=O) groups excluding carboxylic acids is 2. The summed E-state index contributed by atoms with van der Waals surface area (Å²) >= 11 is 5.96. The van der Waals surface area contributed by atoms with Gasteiger partial charge in [0.25, 0.3) is 11.8 Å². The van der Waals surface area contributed by atoms with Crippen molar-refractivity contribution in [3.8, 4) is 5.75 Å². The summed E-state index contributed by atoms with van der Waals surface area (Å²) in [5, 5.41) is 13.1. The Balaban J connectivity index is 1.96. The van der Waals surface area contributed by atoms with Crippen molar-refractivity contribution in [2.75, 3.05) is 13.6 Å². The number of carbonyl (C=O) groups is 2. The zero-order chi connectivity index (χ0) is 18.1. The number of amides is 2. The smallest absolute Gasteiger partial charge is 0.274 e. The number of nitrogens with zero attached hydrogens (tertiary/aromatic N) is 2. The van der Waals surface area contributed by atoms with Gasteiger partial charge in [0.2, 0.25) is 5.43 Å². The Hall–Kier alpha value is -2.80. The van der Waals surface area contributed by atoms with E-state index in [0.717, 1.165) is 5.56 Å². The molecule has 0 aliphatic carbocycles. The highest BCUT2D eigenvalue weighted by Gasteiger charge is 2.30. The van der Waals surface area contributed by atoms with Crippen molar-refractivity contribution < 1.29 is 14.7 Å². The molecule has 2 N–H and O–H groups in total. The van der Waals surface area contributed by atoms with Crippen molar-refractivity contribution in [2.45, 2.75) is 13.1 Å². The molecule has 2 aromatic rings. The Morgan fingerprint density at radius 2 is 2.08 bits per heavy atom. The highest BCUT2D eigenvalue weighted by molar-refractivity contribution is 6.30. The number of hydrogen-bond acceptors (Lipinski definition) is 4. The van der Waals surface area contributed by atoms with E-state index >= 15 is 0 Å². The molecule has 0 saturated heterocycles. The Morgan fingerprint density at radius 1 is 1.32 bits per heavy atom. The standard InChI is InChI=1S/C17H16ClN3O4/c1-19-16(24)12-9-20-5-6-21(8-10-3-2-4-11(18)7-10)17(25)13(20)15(23)14(12)22/h2-4,7,9,23H,5-6,8H2,1H3,(H,19,24). The highest BCUT2D eigenvalue weighted by atomic mass is 35.5. The van der Waals surface area contributed by atoms with Gasteiger partial charge in [-0.2, -0.15) is 0 Å². The van der Waals surface area contributed by atoms with Gasteiger partial charge in [0, 0.05) is 37.9 Å². The lowest BCUT2D eigenvalue weighted by atomic mass is 10.1. The van der Waals surface area contributed by atoms with Crippen molar-refractivity contribution in [2.24, 2.45) is 0 Å². The minimum Gasteiger partial charge on any atom is -0.503 e. The SMILES string of the molecule is CNC(=O)c1cn2c(c(O)c1=O)C(=O)N(Cc1cccc(Cl)c1)CC2. The van der Waals surface area contributed by atoms with E-state index in [1.165, 1.54) is 22.7 Å². The van der Waals surface area contributed by atoms with Crippen LogP contribution in [-0.4, -0.2) is 40.0 Å². The quantitative estimate of drug-likeness (QED) is 0.860.